The smallest absolute Gasteiger partial charge is 0.249 e. The molecule has 0 unspecified atom stereocenters. The normalized spacial score (nSPS) is 20.2. The fraction of sp³-hybridized carbons (Fsp3) is 0.536. The number of anilines is 4. The van der Waals surface area contributed by atoms with Crippen LogP contribution in [-0.2, 0) is 16.1 Å². The second-order valence-electron chi connectivity index (χ2n) is 10.5. The molecule has 1 aliphatic carbocycles. The first-order valence-electron chi connectivity index (χ1n) is 14.1. The van der Waals surface area contributed by atoms with E-state index in [9.17, 15) is 4.79 Å². The summed E-state index contributed by atoms with van der Waals surface area (Å²) in [7, 11) is 3.42. The van der Waals surface area contributed by atoms with Gasteiger partial charge in [-0.25, -0.2) is 4.98 Å². The summed E-state index contributed by atoms with van der Waals surface area (Å²) in [6, 6.07) is 5.74. The second kappa shape index (κ2) is 11.4. The van der Waals surface area contributed by atoms with Crippen molar-refractivity contribution in [1.29, 1.82) is 0 Å². The molecule has 1 amide bonds. The molecule has 1 N–H and O–H groups in total. The number of morpholine rings is 1. The number of rotatable bonds is 8. The maximum Gasteiger partial charge on any atom is 0.249 e. The molecule has 2 fully saturated rings. The number of methoxy groups -OCH3 is 1. The molecular weight excluding hydrogens is 512 g/mol. The van der Waals surface area contributed by atoms with E-state index in [1.165, 1.54) is 12.8 Å². The number of aromatic nitrogens is 4. The Morgan fingerprint density at radius 1 is 1.15 bits per heavy atom. The van der Waals surface area contributed by atoms with Gasteiger partial charge >= 0.3 is 0 Å². The summed E-state index contributed by atoms with van der Waals surface area (Å²) in [5.74, 6) is 2.93. The van der Waals surface area contributed by atoms with Gasteiger partial charge in [0.25, 0.3) is 0 Å². The number of fused-ring (bicyclic) bond motifs is 1. The molecule has 212 valence electrons. The van der Waals surface area contributed by atoms with Crippen LogP contribution in [0, 0.1) is 0 Å². The molecule has 1 atom stereocenters. The molecule has 12 nitrogen and oxygen atoms in total. The Morgan fingerprint density at radius 3 is 2.70 bits per heavy atom. The van der Waals surface area contributed by atoms with Gasteiger partial charge in [0, 0.05) is 31.7 Å². The molecule has 12 heteroatoms. The molecule has 40 heavy (non-hydrogen) atoms. The van der Waals surface area contributed by atoms with E-state index in [0.29, 0.717) is 55.0 Å². The highest BCUT2D eigenvalue weighted by Crippen LogP contribution is 2.40. The molecule has 0 radical (unpaired) electrons. The summed E-state index contributed by atoms with van der Waals surface area (Å²) in [6.07, 6.45) is 6.94. The van der Waals surface area contributed by atoms with Crippen molar-refractivity contribution in [3.8, 4) is 17.2 Å². The van der Waals surface area contributed by atoms with E-state index in [0.717, 1.165) is 49.4 Å². The Morgan fingerprint density at radius 2 is 1.95 bits per heavy atom. The SMILES string of the molecule is CC[C@@H]1C(=O)N(C)c2cnc(Nc3ccc(-c4nnc(CN5CCOCC5)o4)cc3OC)nc2N1C1CCCC1. The molecule has 2 aliphatic heterocycles. The molecular formula is C28H36N8O4. The van der Waals surface area contributed by atoms with Crippen molar-refractivity contribution >= 4 is 29.0 Å². The van der Waals surface area contributed by atoms with E-state index >= 15 is 0 Å². The molecule has 2 aromatic heterocycles. The molecule has 3 aromatic rings. The average Bonchev–Trinajstić information content (AvgIpc) is 3.68. The summed E-state index contributed by atoms with van der Waals surface area (Å²) in [4.78, 5) is 28.8. The van der Waals surface area contributed by atoms with Gasteiger partial charge in [0.15, 0.2) is 5.82 Å². The van der Waals surface area contributed by atoms with Crippen LogP contribution in [0.3, 0.4) is 0 Å². The minimum atomic E-state index is -0.222. The number of likely N-dealkylation sites (N-methyl/N-ethyl adjacent to an activating group) is 1. The van der Waals surface area contributed by atoms with E-state index in [1.54, 1.807) is 25.3 Å². The second-order valence-corrected chi connectivity index (χ2v) is 10.5. The van der Waals surface area contributed by atoms with E-state index in [4.69, 9.17) is 18.9 Å². The fourth-order valence-corrected chi connectivity index (χ4v) is 5.88. The number of carbonyl (C=O) groups is 1. The number of benzene rings is 1. The number of carbonyl (C=O) groups excluding carboxylic acids is 1. The van der Waals surface area contributed by atoms with Crippen LogP contribution >= 0.6 is 0 Å². The largest absolute Gasteiger partial charge is 0.495 e. The van der Waals surface area contributed by atoms with Gasteiger partial charge < -0.3 is 29.0 Å². The standard InChI is InChI=1S/C28H36N8O4/c1-4-21-27(37)34(2)22-16-29-28(31-25(22)36(21)19-7-5-6-8-19)30-20-10-9-18(15-23(20)38-3)26-33-32-24(40-26)17-35-11-13-39-14-12-35/h9-10,15-16,19,21H,4-8,11-14,17H2,1-3H3,(H,29,30,31)/t21-/m1/s1. The molecule has 6 rings (SSSR count). The first-order valence-corrected chi connectivity index (χ1v) is 14.1. The van der Waals surface area contributed by atoms with Gasteiger partial charge in [0.2, 0.25) is 23.6 Å². The molecule has 0 spiro atoms. The maximum atomic E-state index is 13.2. The molecule has 4 heterocycles. The van der Waals surface area contributed by atoms with Crippen LogP contribution in [0.1, 0.15) is 44.9 Å². The lowest BCUT2D eigenvalue weighted by Crippen LogP contribution is -2.55. The number of hydrogen-bond acceptors (Lipinski definition) is 11. The number of nitrogens with zero attached hydrogens (tertiary/aromatic N) is 7. The summed E-state index contributed by atoms with van der Waals surface area (Å²) in [5, 5.41) is 11.8. The van der Waals surface area contributed by atoms with Crippen LogP contribution in [0.15, 0.2) is 28.8 Å². The number of hydrogen-bond donors (Lipinski definition) is 1. The summed E-state index contributed by atoms with van der Waals surface area (Å²) < 4.78 is 17.1. The highest BCUT2D eigenvalue weighted by atomic mass is 16.5. The van der Waals surface area contributed by atoms with Gasteiger partial charge in [0.05, 0.1) is 38.8 Å². The quantitative estimate of drug-likeness (QED) is 0.444. The van der Waals surface area contributed by atoms with Crippen molar-refractivity contribution in [2.45, 2.75) is 57.7 Å². The Kier molecular flexibility index (Phi) is 7.53. The van der Waals surface area contributed by atoms with E-state index < -0.39 is 0 Å². The zero-order chi connectivity index (χ0) is 27.6. The molecule has 1 aromatic carbocycles. The third kappa shape index (κ3) is 5.08. The summed E-state index contributed by atoms with van der Waals surface area (Å²) in [5.41, 5.74) is 2.20. The zero-order valence-corrected chi connectivity index (χ0v) is 23.3. The number of nitrogens with one attached hydrogen (secondary N) is 1. The summed E-state index contributed by atoms with van der Waals surface area (Å²) in [6.45, 7) is 5.79. The van der Waals surface area contributed by atoms with E-state index in [1.807, 2.05) is 18.2 Å². The lowest BCUT2D eigenvalue weighted by Gasteiger charge is -2.43. The van der Waals surface area contributed by atoms with Crippen LogP contribution in [-0.4, -0.2) is 83.5 Å². The number of ether oxygens (including phenoxy) is 2. The Hall–Kier alpha value is -3.77. The fourth-order valence-electron chi connectivity index (χ4n) is 5.88. The summed E-state index contributed by atoms with van der Waals surface area (Å²) >= 11 is 0. The van der Waals surface area contributed by atoms with Crippen molar-refractivity contribution in [3.63, 3.8) is 0 Å². The predicted molar refractivity (Wildman–Crippen MR) is 150 cm³/mol. The Labute approximate surface area is 233 Å². The highest BCUT2D eigenvalue weighted by Gasteiger charge is 2.41. The van der Waals surface area contributed by atoms with Crippen molar-refractivity contribution in [2.24, 2.45) is 0 Å². The number of amides is 1. The van der Waals surface area contributed by atoms with Crippen LogP contribution in [0.4, 0.5) is 23.1 Å². The first kappa shape index (κ1) is 26.5. The van der Waals surface area contributed by atoms with Crippen molar-refractivity contribution in [1.82, 2.24) is 25.1 Å². The van der Waals surface area contributed by atoms with Gasteiger partial charge in [-0.3, -0.25) is 9.69 Å². The van der Waals surface area contributed by atoms with Crippen molar-refractivity contribution in [2.75, 3.05) is 55.6 Å². The van der Waals surface area contributed by atoms with Crippen LogP contribution < -0.4 is 19.9 Å². The van der Waals surface area contributed by atoms with Gasteiger partial charge in [-0.1, -0.05) is 19.8 Å². The molecule has 1 saturated carbocycles. The van der Waals surface area contributed by atoms with Crippen LogP contribution in [0.25, 0.3) is 11.5 Å². The molecule has 1 saturated heterocycles. The minimum absolute atomic E-state index is 0.0950. The van der Waals surface area contributed by atoms with Gasteiger partial charge in [0.1, 0.15) is 17.5 Å². The van der Waals surface area contributed by atoms with Crippen LogP contribution in [0.2, 0.25) is 0 Å². The predicted octanol–water partition coefficient (Wildman–Crippen LogP) is 3.62. The topological polar surface area (TPSA) is 122 Å². The lowest BCUT2D eigenvalue weighted by molar-refractivity contribution is -0.120. The Balaban J connectivity index is 1.24. The zero-order valence-electron chi connectivity index (χ0n) is 23.3. The third-order valence-electron chi connectivity index (χ3n) is 8.04. The van der Waals surface area contributed by atoms with Crippen molar-refractivity contribution < 1.29 is 18.7 Å². The monoisotopic (exact) mass is 548 g/mol. The highest BCUT2D eigenvalue weighted by molar-refractivity contribution is 6.04. The first-order chi connectivity index (χ1) is 19.6. The average molecular weight is 549 g/mol. The maximum absolute atomic E-state index is 13.2. The van der Waals surface area contributed by atoms with Gasteiger partial charge in [-0.05, 0) is 37.5 Å². The van der Waals surface area contributed by atoms with Gasteiger partial charge in [-0.2, -0.15) is 4.98 Å². The molecule has 0 bridgehead atoms. The lowest BCUT2D eigenvalue weighted by atomic mass is 10.0. The van der Waals surface area contributed by atoms with E-state index in [-0.39, 0.29) is 11.9 Å². The third-order valence-corrected chi connectivity index (χ3v) is 8.04. The minimum Gasteiger partial charge on any atom is -0.495 e. The Bertz CT molecular complexity index is 1350. The van der Waals surface area contributed by atoms with Crippen molar-refractivity contribution in [3.05, 3.63) is 30.3 Å². The van der Waals surface area contributed by atoms with Crippen LogP contribution in [0.5, 0.6) is 5.75 Å². The van der Waals surface area contributed by atoms with Gasteiger partial charge in [-0.15, -0.1) is 10.2 Å². The molecule has 3 aliphatic rings. The van der Waals surface area contributed by atoms with E-state index in [2.05, 4.69) is 37.2 Å².